The molecule has 1 aromatic rings. The number of carbonyl (C=O) groups excluding carboxylic acids is 2. The van der Waals surface area contributed by atoms with Gasteiger partial charge in [0, 0.05) is 18.8 Å². The van der Waals surface area contributed by atoms with Crippen LogP contribution < -0.4 is 16.6 Å². The molecule has 96 valence electrons. The van der Waals surface area contributed by atoms with Gasteiger partial charge in [-0.3, -0.25) is 19.9 Å². The normalized spacial score (nSPS) is 19.3. The van der Waals surface area contributed by atoms with E-state index in [0.29, 0.717) is 5.82 Å². The Morgan fingerprint density at radius 2 is 2.22 bits per heavy atom. The molecule has 8 nitrogen and oxygen atoms in total. The summed E-state index contributed by atoms with van der Waals surface area (Å²) in [5.41, 5.74) is 3.09. The molecule has 2 rings (SSSR count). The lowest BCUT2D eigenvalue weighted by molar-refractivity contribution is -0.136. The quantitative estimate of drug-likeness (QED) is 0.367. The second-order valence-electron chi connectivity index (χ2n) is 4.06. The monoisotopic (exact) mass is 250 g/mol. The number of carbonyl (C=O) groups is 2. The van der Waals surface area contributed by atoms with Crippen molar-refractivity contribution in [2.75, 3.05) is 17.8 Å². The van der Waals surface area contributed by atoms with Gasteiger partial charge in [-0.25, -0.2) is 10.8 Å². The molecule has 1 aliphatic rings. The Morgan fingerprint density at radius 1 is 1.50 bits per heavy atom. The van der Waals surface area contributed by atoms with Crippen LogP contribution in [-0.2, 0) is 9.59 Å². The molecule has 18 heavy (non-hydrogen) atoms. The van der Waals surface area contributed by atoms with E-state index >= 15 is 0 Å². The van der Waals surface area contributed by atoms with Crippen LogP contribution in [0.3, 0.4) is 0 Å². The minimum Gasteiger partial charge on any atom is -0.358 e. The zero-order chi connectivity index (χ0) is 13.3. The summed E-state index contributed by atoms with van der Waals surface area (Å²) in [6.07, 6.45) is 1.71. The number of rotatable bonds is 3. The third-order valence-corrected chi connectivity index (χ3v) is 2.79. The van der Waals surface area contributed by atoms with Crippen LogP contribution >= 0.6 is 0 Å². The van der Waals surface area contributed by atoms with E-state index in [1.807, 2.05) is 0 Å². The number of hydrogen-bond donors (Lipinski definition) is 3. The number of nitrogens with two attached hydrogens (primary N) is 1. The largest absolute Gasteiger partial charge is 0.358 e. The predicted molar refractivity (Wildman–Crippen MR) is 64.4 cm³/mol. The number of amides is 2. The lowest BCUT2D eigenvalue weighted by atomic mass is 10.2. The number of nitrogen functional groups attached to an aromatic ring is 1. The molecule has 2 amide bonds. The first-order valence-electron chi connectivity index (χ1n) is 5.40. The van der Waals surface area contributed by atoms with Gasteiger partial charge < -0.3 is 5.32 Å². The van der Waals surface area contributed by atoms with Crippen LogP contribution in [0, 0.1) is 6.92 Å². The fourth-order valence-electron chi connectivity index (χ4n) is 1.69. The zero-order valence-electron chi connectivity index (χ0n) is 10.1. The molecule has 0 aliphatic carbocycles. The molecule has 1 atom stereocenters. The van der Waals surface area contributed by atoms with Gasteiger partial charge in [0.1, 0.15) is 11.9 Å². The Balaban J connectivity index is 2.19. The number of imide groups is 1. The van der Waals surface area contributed by atoms with E-state index in [9.17, 15) is 9.59 Å². The molecule has 1 aromatic heterocycles. The summed E-state index contributed by atoms with van der Waals surface area (Å²) in [6.45, 7) is 1.80. The van der Waals surface area contributed by atoms with Crippen LogP contribution in [0.4, 0.5) is 11.8 Å². The van der Waals surface area contributed by atoms with Gasteiger partial charge in [-0.05, 0) is 6.92 Å². The molecule has 4 N–H and O–H groups in total. The van der Waals surface area contributed by atoms with Gasteiger partial charge in [-0.15, -0.1) is 0 Å². The lowest BCUT2D eigenvalue weighted by Crippen LogP contribution is -2.32. The number of nitrogens with one attached hydrogen (secondary N) is 2. The first-order valence-corrected chi connectivity index (χ1v) is 5.40. The van der Waals surface area contributed by atoms with Gasteiger partial charge in [-0.2, -0.15) is 4.98 Å². The number of anilines is 2. The van der Waals surface area contributed by atoms with Crippen molar-refractivity contribution in [1.82, 2.24) is 14.9 Å². The number of aryl methyl sites for hydroxylation is 1. The fraction of sp³-hybridized carbons (Fsp3) is 0.400. The van der Waals surface area contributed by atoms with Crippen LogP contribution in [0.2, 0.25) is 0 Å². The van der Waals surface area contributed by atoms with Crippen molar-refractivity contribution in [2.45, 2.75) is 19.4 Å². The van der Waals surface area contributed by atoms with E-state index in [0.717, 1.165) is 10.5 Å². The highest BCUT2D eigenvalue weighted by atomic mass is 16.2. The van der Waals surface area contributed by atoms with E-state index in [-0.39, 0.29) is 24.2 Å². The number of aromatic nitrogens is 2. The van der Waals surface area contributed by atoms with Crippen LogP contribution in [0.25, 0.3) is 0 Å². The van der Waals surface area contributed by atoms with E-state index in [4.69, 9.17) is 5.84 Å². The maximum Gasteiger partial charge on any atom is 0.251 e. The molecule has 2 heterocycles. The SMILES string of the molecule is Cc1cnc(NN)nc1NC1CC(=O)N(C)C1=O. The van der Waals surface area contributed by atoms with Crippen molar-refractivity contribution in [3.05, 3.63) is 11.8 Å². The van der Waals surface area contributed by atoms with Gasteiger partial charge in [0.2, 0.25) is 11.9 Å². The highest BCUT2D eigenvalue weighted by Crippen LogP contribution is 2.18. The lowest BCUT2D eigenvalue weighted by Gasteiger charge is -2.13. The first kappa shape index (κ1) is 12.2. The van der Waals surface area contributed by atoms with Crippen molar-refractivity contribution in [2.24, 2.45) is 5.84 Å². The number of likely N-dealkylation sites (tertiary alicyclic amines) is 1. The summed E-state index contributed by atoms with van der Waals surface area (Å²) < 4.78 is 0. The molecule has 0 aromatic carbocycles. The average Bonchev–Trinajstić information content (AvgIpc) is 2.60. The number of likely N-dealkylation sites (N-methyl/N-ethyl adjacent to an activating group) is 1. The highest BCUT2D eigenvalue weighted by molar-refractivity contribution is 6.06. The molecule has 1 saturated heterocycles. The summed E-state index contributed by atoms with van der Waals surface area (Å²) in [6, 6.07) is -0.582. The molecule has 1 unspecified atom stereocenters. The Morgan fingerprint density at radius 3 is 2.78 bits per heavy atom. The predicted octanol–water partition coefficient (Wildman–Crippen LogP) is -0.760. The van der Waals surface area contributed by atoms with Gasteiger partial charge >= 0.3 is 0 Å². The Kier molecular flexibility index (Phi) is 3.11. The van der Waals surface area contributed by atoms with Crippen molar-refractivity contribution < 1.29 is 9.59 Å². The van der Waals surface area contributed by atoms with Crippen molar-refractivity contribution >= 4 is 23.6 Å². The molecule has 1 aliphatic heterocycles. The summed E-state index contributed by atoms with van der Waals surface area (Å²) in [7, 11) is 1.46. The third kappa shape index (κ3) is 2.09. The van der Waals surface area contributed by atoms with Crippen LogP contribution in [0.1, 0.15) is 12.0 Å². The molecule has 0 radical (unpaired) electrons. The van der Waals surface area contributed by atoms with Crippen LogP contribution in [-0.4, -0.2) is 39.8 Å². The summed E-state index contributed by atoms with van der Waals surface area (Å²) in [5.74, 6) is 5.47. The van der Waals surface area contributed by atoms with Crippen molar-refractivity contribution in [3.8, 4) is 0 Å². The smallest absolute Gasteiger partial charge is 0.251 e. The standard InChI is InChI=1S/C10H14N6O2/c1-5-4-12-10(15-11)14-8(5)13-6-3-7(17)16(2)9(6)18/h4,6H,3,11H2,1-2H3,(H2,12,13,14,15). The van der Waals surface area contributed by atoms with Crippen LogP contribution in [0.15, 0.2) is 6.20 Å². The molecule has 0 saturated carbocycles. The van der Waals surface area contributed by atoms with Crippen molar-refractivity contribution in [1.29, 1.82) is 0 Å². The van der Waals surface area contributed by atoms with E-state index < -0.39 is 6.04 Å². The van der Waals surface area contributed by atoms with Gasteiger partial charge in [0.25, 0.3) is 5.91 Å². The first-order chi connectivity index (χ1) is 8.52. The van der Waals surface area contributed by atoms with Crippen LogP contribution in [0.5, 0.6) is 0 Å². The molecular formula is C10H14N6O2. The number of hydrogen-bond acceptors (Lipinski definition) is 7. The Labute approximate surface area is 104 Å². The second kappa shape index (κ2) is 4.57. The van der Waals surface area contributed by atoms with Gasteiger partial charge in [0.05, 0.1) is 6.42 Å². The maximum absolute atomic E-state index is 11.7. The minimum absolute atomic E-state index is 0.129. The summed E-state index contributed by atoms with van der Waals surface area (Å²) in [4.78, 5) is 32.3. The Bertz CT molecular complexity index is 503. The third-order valence-electron chi connectivity index (χ3n) is 2.79. The summed E-state index contributed by atoms with van der Waals surface area (Å²) in [5, 5.41) is 2.94. The highest BCUT2D eigenvalue weighted by Gasteiger charge is 2.36. The molecular weight excluding hydrogens is 236 g/mol. The summed E-state index contributed by atoms with van der Waals surface area (Å²) >= 11 is 0. The number of hydrazine groups is 1. The molecule has 8 heteroatoms. The van der Waals surface area contributed by atoms with E-state index in [1.54, 1.807) is 13.1 Å². The second-order valence-corrected chi connectivity index (χ2v) is 4.06. The molecule has 1 fully saturated rings. The zero-order valence-corrected chi connectivity index (χ0v) is 10.1. The van der Waals surface area contributed by atoms with Gasteiger partial charge in [0.15, 0.2) is 0 Å². The molecule has 0 spiro atoms. The Hall–Kier alpha value is -2.22. The number of nitrogens with zero attached hydrogens (tertiary/aromatic N) is 3. The fourth-order valence-corrected chi connectivity index (χ4v) is 1.69. The van der Waals surface area contributed by atoms with E-state index in [1.165, 1.54) is 7.05 Å². The van der Waals surface area contributed by atoms with E-state index in [2.05, 4.69) is 20.7 Å². The van der Waals surface area contributed by atoms with Gasteiger partial charge in [-0.1, -0.05) is 0 Å². The van der Waals surface area contributed by atoms with Crippen molar-refractivity contribution in [3.63, 3.8) is 0 Å². The topological polar surface area (TPSA) is 113 Å². The average molecular weight is 250 g/mol. The molecule has 0 bridgehead atoms. The maximum atomic E-state index is 11.7. The minimum atomic E-state index is -0.582.